The number of nitrogens with one attached hydrogen (secondary N) is 1. The van der Waals surface area contributed by atoms with Crippen molar-refractivity contribution in [3.63, 3.8) is 0 Å². The number of hydrogen-bond donors (Lipinski definition) is 1. The number of urea groups is 1. The Bertz CT molecular complexity index is 1270. The molecule has 1 saturated heterocycles. The standard InChI is InChI=1S/C25H21F3N4O4/c1-16-23(34)32(19-7-9-20(10-8-19)36-25(26,27)28)24(35)31(16)15-18-11-12-29-14-21(18)30-22(33)13-17-5-3-2-4-6-17/h2-12,14,16H,13,15H2,1H3,(H,30,33). The quantitative estimate of drug-likeness (QED) is 0.484. The number of anilines is 2. The lowest BCUT2D eigenvalue weighted by Gasteiger charge is -2.21. The van der Waals surface area contributed by atoms with Crippen LogP contribution in [0.4, 0.5) is 29.3 Å². The fourth-order valence-electron chi connectivity index (χ4n) is 3.78. The number of alkyl halides is 3. The Kier molecular flexibility index (Phi) is 6.91. The topological polar surface area (TPSA) is 91.8 Å². The van der Waals surface area contributed by atoms with E-state index in [1.165, 1.54) is 29.4 Å². The highest BCUT2D eigenvalue weighted by Gasteiger charge is 2.43. The Morgan fingerprint density at radius 1 is 1.06 bits per heavy atom. The van der Waals surface area contributed by atoms with Crippen LogP contribution in [-0.4, -0.2) is 40.1 Å². The number of amides is 4. The van der Waals surface area contributed by atoms with Crippen molar-refractivity contribution in [1.82, 2.24) is 9.88 Å². The van der Waals surface area contributed by atoms with Crippen LogP contribution in [0.1, 0.15) is 18.1 Å². The molecule has 3 aromatic rings. The molecule has 186 valence electrons. The summed E-state index contributed by atoms with van der Waals surface area (Å²) >= 11 is 0. The molecular weight excluding hydrogens is 477 g/mol. The van der Waals surface area contributed by atoms with Gasteiger partial charge in [-0.1, -0.05) is 30.3 Å². The van der Waals surface area contributed by atoms with Crippen LogP contribution >= 0.6 is 0 Å². The summed E-state index contributed by atoms with van der Waals surface area (Å²) in [4.78, 5) is 44.8. The first kappa shape index (κ1) is 24.7. The number of aromatic nitrogens is 1. The fourth-order valence-corrected chi connectivity index (χ4v) is 3.78. The molecule has 1 fully saturated rings. The van der Waals surface area contributed by atoms with Gasteiger partial charge in [-0.05, 0) is 48.4 Å². The molecule has 1 unspecified atom stereocenters. The highest BCUT2D eigenvalue weighted by molar-refractivity contribution is 6.21. The molecule has 1 aliphatic rings. The smallest absolute Gasteiger partial charge is 0.406 e. The van der Waals surface area contributed by atoms with Gasteiger partial charge in [0.25, 0.3) is 5.91 Å². The van der Waals surface area contributed by atoms with Crippen LogP contribution in [0.25, 0.3) is 0 Å². The zero-order chi connectivity index (χ0) is 25.9. The number of imide groups is 1. The highest BCUT2D eigenvalue weighted by Crippen LogP contribution is 2.30. The van der Waals surface area contributed by atoms with Gasteiger partial charge < -0.3 is 15.0 Å². The number of rotatable bonds is 7. The van der Waals surface area contributed by atoms with Crippen LogP contribution in [0, 0.1) is 0 Å². The van der Waals surface area contributed by atoms with Gasteiger partial charge in [0.1, 0.15) is 11.8 Å². The van der Waals surface area contributed by atoms with Gasteiger partial charge in [0.2, 0.25) is 5.91 Å². The van der Waals surface area contributed by atoms with Crippen LogP contribution in [0.15, 0.2) is 73.1 Å². The molecule has 0 radical (unpaired) electrons. The number of benzene rings is 2. The third-order valence-corrected chi connectivity index (χ3v) is 5.54. The van der Waals surface area contributed by atoms with Crippen LogP contribution in [0.2, 0.25) is 0 Å². The lowest BCUT2D eigenvalue weighted by molar-refractivity contribution is -0.274. The van der Waals surface area contributed by atoms with Crippen molar-refractivity contribution in [3.8, 4) is 5.75 Å². The van der Waals surface area contributed by atoms with E-state index in [2.05, 4.69) is 15.0 Å². The van der Waals surface area contributed by atoms with Gasteiger partial charge in [0, 0.05) is 6.20 Å². The maximum Gasteiger partial charge on any atom is 0.573 e. The second-order valence-corrected chi connectivity index (χ2v) is 8.05. The molecule has 2 aromatic carbocycles. The molecular formula is C25H21F3N4O4. The van der Waals surface area contributed by atoms with E-state index in [0.717, 1.165) is 22.6 Å². The molecule has 1 N–H and O–H groups in total. The van der Waals surface area contributed by atoms with Crippen molar-refractivity contribution < 1.29 is 32.3 Å². The molecule has 4 amide bonds. The van der Waals surface area contributed by atoms with E-state index in [0.29, 0.717) is 11.3 Å². The number of pyridine rings is 1. The lowest BCUT2D eigenvalue weighted by atomic mass is 10.1. The van der Waals surface area contributed by atoms with Gasteiger partial charge in [-0.25, -0.2) is 9.69 Å². The second kappa shape index (κ2) is 10.1. The van der Waals surface area contributed by atoms with Crippen molar-refractivity contribution in [3.05, 3.63) is 84.2 Å². The Morgan fingerprint density at radius 3 is 2.42 bits per heavy atom. The van der Waals surface area contributed by atoms with E-state index in [1.807, 2.05) is 30.3 Å². The number of halogens is 3. The Balaban J connectivity index is 1.49. The average molecular weight is 498 g/mol. The third-order valence-electron chi connectivity index (χ3n) is 5.54. The Hall–Kier alpha value is -4.41. The van der Waals surface area contributed by atoms with Crippen molar-refractivity contribution in [2.45, 2.75) is 32.3 Å². The van der Waals surface area contributed by atoms with Gasteiger partial charge in [-0.15, -0.1) is 13.2 Å². The number of carbonyl (C=O) groups is 3. The number of ether oxygens (including phenoxy) is 1. The predicted octanol–water partition coefficient (Wildman–Crippen LogP) is 4.52. The minimum atomic E-state index is -4.86. The van der Waals surface area contributed by atoms with Crippen molar-refractivity contribution in [1.29, 1.82) is 0 Å². The maximum atomic E-state index is 13.1. The molecule has 0 spiro atoms. The van der Waals surface area contributed by atoms with Gasteiger partial charge >= 0.3 is 12.4 Å². The summed E-state index contributed by atoms with van der Waals surface area (Å²) in [6.45, 7) is 1.55. The summed E-state index contributed by atoms with van der Waals surface area (Å²) < 4.78 is 41.1. The van der Waals surface area contributed by atoms with E-state index in [1.54, 1.807) is 13.0 Å². The monoisotopic (exact) mass is 498 g/mol. The van der Waals surface area contributed by atoms with E-state index in [9.17, 15) is 27.6 Å². The zero-order valence-electron chi connectivity index (χ0n) is 19.0. The minimum absolute atomic E-state index is 0.000971. The summed E-state index contributed by atoms with van der Waals surface area (Å²) in [7, 11) is 0. The summed E-state index contributed by atoms with van der Waals surface area (Å²) in [6.07, 6.45) is -1.74. The first-order valence-corrected chi connectivity index (χ1v) is 10.9. The van der Waals surface area contributed by atoms with E-state index < -0.39 is 30.1 Å². The molecule has 2 heterocycles. The van der Waals surface area contributed by atoms with E-state index >= 15 is 0 Å². The third kappa shape index (κ3) is 5.62. The van der Waals surface area contributed by atoms with Crippen molar-refractivity contribution in [2.75, 3.05) is 10.2 Å². The van der Waals surface area contributed by atoms with E-state index in [4.69, 9.17) is 0 Å². The zero-order valence-corrected chi connectivity index (χ0v) is 19.0. The summed E-state index contributed by atoms with van der Waals surface area (Å²) in [5.41, 5.74) is 1.91. The molecule has 0 bridgehead atoms. The van der Waals surface area contributed by atoms with Crippen molar-refractivity contribution >= 4 is 29.2 Å². The molecule has 11 heteroatoms. The van der Waals surface area contributed by atoms with Crippen LogP contribution in [0.5, 0.6) is 5.75 Å². The molecule has 0 aliphatic carbocycles. The Morgan fingerprint density at radius 2 is 1.75 bits per heavy atom. The highest BCUT2D eigenvalue weighted by atomic mass is 19.4. The number of hydrogen-bond acceptors (Lipinski definition) is 5. The average Bonchev–Trinajstić information content (AvgIpc) is 3.03. The molecule has 4 rings (SSSR count). The van der Waals surface area contributed by atoms with E-state index in [-0.39, 0.29) is 24.6 Å². The fraction of sp³-hybridized carbons (Fsp3) is 0.200. The van der Waals surface area contributed by atoms with Gasteiger partial charge in [-0.3, -0.25) is 14.6 Å². The second-order valence-electron chi connectivity index (χ2n) is 8.05. The largest absolute Gasteiger partial charge is 0.573 e. The van der Waals surface area contributed by atoms with Gasteiger partial charge in [-0.2, -0.15) is 0 Å². The normalized spacial score (nSPS) is 15.8. The van der Waals surface area contributed by atoms with Gasteiger partial charge in [0.15, 0.2) is 0 Å². The first-order valence-electron chi connectivity index (χ1n) is 10.9. The first-order chi connectivity index (χ1) is 17.1. The van der Waals surface area contributed by atoms with Gasteiger partial charge in [0.05, 0.1) is 30.5 Å². The number of nitrogens with zero attached hydrogens (tertiary/aromatic N) is 3. The maximum absolute atomic E-state index is 13.1. The minimum Gasteiger partial charge on any atom is -0.406 e. The summed E-state index contributed by atoms with van der Waals surface area (Å²) in [5.74, 6) is -1.27. The Labute approximate surface area is 204 Å². The van der Waals surface area contributed by atoms with Crippen LogP contribution in [-0.2, 0) is 22.6 Å². The molecule has 36 heavy (non-hydrogen) atoms. The SMILES string of the molecule is CC1C(=O)N(c2ccc(OC(F)(F)F)cc2)C(=O)N1Cc1ccncc1NC(=O)Cc1ccccc1. The molecule has 1 aromatic heterocycles. The lowest BCUT2D eigenvalue weighted by Crippen LogP contribution is -2.33. The van der Waals surface area contributed by atoms with Crippen molar-refractivity contribution in [2.24, 2.45) is 0 Å². The summed E-state index contributed by atoms with van der Waals surface area (Å²) in [6, 6.07) is 13.8. The molecule has 1 atom stereocenters. The molecule has 8 nitrogen and oxygen atoms in total. The van der Waals surface area contributed by atoms with Crippen LogP contribution in [0.3, 0.4) is 0 Å². The predicted molar refractivity (Wildman–Crippen MR) is 124 cm³/mol. The van der Waals surface area contributed by atoms with Crippen LogP contribution < -0.4 is 15.0 Å². The summed E-state index contributed by atoms with van der Waals surface area (Å²) in [5, 5.41) is 2.80. The number of carbonyl (C=O) groups excluding carboxylic acids is 3. The molecule has 1 aliphatic heterocycles. The molecule has 0 saturated carbocycles.